The fourth-order valence-corrected chi connectivity index (χ4v) is 5.19. The summed E-state index contributed by atoms with van der Waals surface area (Å²) in [5, 5.41) is 9.87. The molecule has 0 amide bonds. The minimum absolute atomic E-state index is 0.0358. The molecular formula is C25H51N3O7S. The first-order valence-electron chi connectivity index (χ1n) is 13.3. The average Bonchev–Trinajstić information content (AvgIpc) is 2.78. The molecule has 0 fully saturated rings. The molecule has 0 rings (SSSR count). The predicted molar refractivity (Wildman–Crippen MR) is 141 cm³/mol. The molecule has 214 valence electrons. The molecule has 10 nitrogen and oxygen atoms in total. The van der Waals surface area contributed by atoms with Crippen LogP contribution in [0.3, 0.4) is 0 Å². The molecule has 0 aliphatic rings. The number of quaternary nitrogens is 1. The molecule has 0 aliphatic carbocycles. The molecule has 36 heavy (non-hydrogen) atoms. The summed E-state index contributed by atoms with van der Waals surface area (Å²) in [7, 11) is -3.69. The number of carbonyl (C=O) groups is 2. The van der Waals surface area contributed by atoms with Crippen LogP contribution < -0.4 is 15.9 Å². The van der Waals surface area contributed by atoms with Crippen molar-refractivity contribution in [3.05, 3.63) is 5.21 Å². The Morgan fingerprint density at radius 2 is 1.44 bits per heavy atom. The Labute approximate surface area is 218 Å². The molecule has 0 aromatic carbocycles. The summed E-state index contributed by atoms with van der Waals surface area (Å²) < 4.78 is 34.7. The number of hydrogen-bond donors (Lipinski definition) is 3. The van der Waals surface area contributed by atoms with E-state index in [-0.39, 0.29) is 25.0 Å². The Morgan fingerprint density at radius 3 is 1.97 bits per heavy atom. The number of nitrogens with one attached hydrogen (secondary N) is 1. The van der Waals surface area contributed by atoms with Gasteiger partial charge in [0.15, 0.2) is 0 Å². The third-order valence-electron chi connectivity index (χ3n) is 6.17. The van der Waals surface area contributed by atoms with Crippen molar-refractivity contribution in [2.24, 2.45) is 35.1 Å². The SMILES string of the molecule is CC(C)CCCC(COC(=O)CC(C(=O)OCC(CCN)CCCCN)S(=O)(=O)[NH+](C)[O-])CC(C)C. The lowest BCUT2D eigenvalue weighted by atomic mass is 9.91. The van der Waals surface area contributed by atoms with Crippen LogP contribution in [0.1, 0.15) is 85.5 Å². The highest BCUT2D eigenvalue weighted by atomic mass is 32.2. The predicted octanol–water partition coefficient (Wildman–Crippen LogP) is 1.76. The van der Waals surface area contributed by atoms with E-state index in [1.807, 2.05) is 0 Å². The van der Waals surface area contributed by atoms with E-state index in [2.05, 4.69) is 27.7 Å². The van der Waals surface area contributed by atoms with Crippen molar-refractivity contribution in [3.63, 3.8) is 0 Å². The quantitative estimate of drug-likeness (QED) is 0.112. The minimum Gasteiger partial charge on any atom is -0.618 e. The molecule has 4 unspecified atom stereocenters. The Balaban J connectivity index is 5.21. The second kappa shape index (κ2) is 18.9. The lowest BCUT2D eigenvalue weighted by Crippen LogP contribution is -3.07. The largest absolute Gasteiger partial charge is 0.618 e. The van der Waals surface area contributed by atoms with Crippen LogP contribution in [0.5, 0.6) is 0 Å². The van der Waals surface area contributed by atoms with Crippen molar-refractivity contribution in [2.75, 3.05) is 33.4 Å². The smallest absolute Gasteiger partial charge is 0.330 e. The maximum Gasteiger partial charge on any atom is 0.330 e. The topological polar surface area (TPSA) is 166 Å². The van der Waals surface area contributed by atoms with Gasteiger partial charge in [0, 0.05) is 0 Å². The van der Waals surface area contributed by atoms with Gasteiger partial charge in [-0.25, -0.2) is 0 Å². The zero-order chi connectivity index (χ0) is 27.7. The van der Waals surface area contributed by atoms with Crippen LogP contribution in [0.4, 0.5) is 0 Å². The summed E-state index contributed by atoms with van der Waals surface area (Å²) >= 11 is 0. The fourth-order valence-electron chi connectivity index (χ4n) is 4.11. The van der Waals surface area contributed by atoms with Crippen LogP contribution in [0.15, 0.2) is 0 Å². The number of rotatable bonds is 21. The molecule has 5 N–H and O–H groups in total. The van der Waals surface area contributed by atoms with Gasteiger partial charge in [-0.05, 0) is 68.9 Å². The molecule has 0 bridgehead atoms. The van der Waals surface area contributed by atoms with E-state index in [0.717, 1.165) is 52.0 Å². The third kappa shape index (κ3) is 15.1. The van der Waals surface area contributed by atoms with E-state index in [0.29, 0.717) is 31.3 Å². The van der Waals surface area contributed by atoms with Crippen molar-refractivity contribution in [1.82, 2.24) is 0 Å². The van der Waals surface area contributed by atoms with Crippen molar-refractivity contribution in [3.8, 4) is 0 Å². The van der Waals surface area contributed by atoms with E-state index in [1.165, 1.54) is 0 Å². The van der Waals surface area contributed by atoms with E-state index >= 15 is 0 Å². The van der Waals surface area contributed by atoms with Gasteiger partial charge < -0.3 is 26.1 Å². The first kappa shape index (κ1) is 34.7. The van der Waals surface area contributed by atoms with E-state index in [9.17, 15) is 23.2 Å². The number of nitrogens with two attached hydrogens (primary N) is 2. The molecule has 0 spiro atoms. The number of hydrogen-bond acceptors (Lipinski definition) is 9. The summed E-state index contributed by atoms with van der Waals surface area (Å²) in [4.78, 5) is 25.3. The molecule has 0 heterocycles. The lowest BCUT2D eigenvalue weighted by Gasteiger charge is -2.24. The highest BCUT2D eigenvalue weighted by Gasteiger charge is 2.40. The number of carbonyl (C=O) groups excluding carboxylic acids is 2. The van der Waals surface area contributed by atoms with Crippen molar-refractivity contribution in [2.45, 2.75) is 90.7 Å². The fraction of sp³-hybridized carbons (Fsp3) is 0.920. The normalized spacial score (nSPS) is 15.5. The lowest BCUT2D eigenvalue weighted by molar-refractivity contribution is -0.681. The molecular weight excluding hydrogens is 486 g/mol. The van der Waals surface area contributed by atoms with Crippen LogP contribution in [-0.4, -0.2) is 59.0 Å². The monoisotopic (exact) mass is 537 g/mol. The van der Waals surface area contributed by atoms with Gasteiger partial charge in [0.1, 0.15) is 0 Å². The van der Waals surface area contributed by atoms with Crippen molar-refractivity contribution >= 4 is 22.0 Å². The summed E-state index contributed by atoms with van der Waals surface area (Å²) in [6.07, 6.45) is 6.06. The molecule has 0 aliphatic heterocycles. The molecule has 0 aromatic heterocycles. The van der Waals surface area contributed by atoms with E-state index < -0.39 is 38.1 Å². The number of sulfonamides is 1. The Hall–Kier alpha value is -1.27. The molecule has 0 saturated heterocycles. The Bertz CT molecular complexity index is 714. The standard InChI is InChI=1S/C25H51N3O7S/c1-19(2)9-8-11-22(15-20(3)4)18-34-24(29)16-23(36(32,33)28(5)31)25(30)35-17-21(12-14-27)10-6-7-13-26/h19-23,28H,6-18,26-27H2,1-5H3. The van der Waals surface area contributed by atoms with Gasteiger partial charge in [-0.1, -0.05) is 47.0 Å². The maximum absolute atomic E-state index is 12.7. The zero-order valence-electron chi connectivity index (χ0n) is 23.0. The minimum atomic E-state index is -4.55. The Kier molecular flexibility index (Phi) is 18.2. The molecule has 0 radical (unpaired) electrons. The van der Waals surface area contributed by atoms with Gasteiger partial charge in [0.25, 0.3) is 0 Å². The van der Waals surface area contributed by atoms with Gasteiger partial charge in [0.05, 0.1) is 26.7 Å². The van der Waals surface area contributed by atoms with Crippen LogP contribution >= 0.6 is 0 Å². The first-order chi connectivity index (χ1) is 16.8. The molecule has 0 aromatic rings. The highest BCUT2D eigenvalue weighted by Crippen LogP contribution is 2.21. The van der Waals surface area contributed by atoms with Gasteiger partial charge in [-0.3, -0.25) is 14.1 Å². The molecule has 0 saturated carbocycles. The summed E-state index contributed by atoms with van der Waals surface area (Å²) in [5.74, 6) is -0.853. The van der Waals surface area contributed by atoms with Gasteiger partial charge in [-0.2, -0.15) is 8.42 Å². The van der Waals surface area contributed by atoms with Crippen molar-refractivity contribution < 1.29 is 31.9 Å². The van der Waals surface area contributed by atoms with Gasteiger partial charge in [0.2, 0.25) is 5.25 Å². The summed E-state index contributed by atoms with van der Waals surface area (Å²) in [6.45, 7) is 9.55. The van der Waals surface area contributed by atoms with E-state index in [1.54, 1.807) is 0 Å². The average molecular weight is 538 g/mol. The summed E-state index contributed by atoms with van der Waals surface area (Å²) in [6, 6.07) is 0. The van der Waals surface area contributed by atoms with Gasteiger partial charge >= 0.3 is 22.0 Å². The summed E-state index contributed by atoms with van der Waals surface area (Å²) in [5.41, 5.74) is 11.2. The highest BCUT2D eigenvalue weighted by molar-refractivity contribution is 7.86. The van der Waals surface area contributed by atoms with Crippen LogP contribution in [-0.2, 0) is 29.1 Å². The maximum atomic E-state index is 12.7. The van der Waals surface area contributed by atoms with E-state index in [4.69, 9.17) is 20.9 Å². The second-order valence-corrected chi connectivity index (χ2v) is 12.8. The van der Waals surface area contributed by atoms with Crippen LogP contribution in [0, 0.1) is 28.9 Å². The number of unbranched alkanes of at least 4 members (excludes halogenated alkanes) is 1. The zero-order valence-corrected chi connectivity index (χ0v) is 23.8. The molecule has 11 heteroatoms. The molecule has 4 atom stereocenters. The number of esters is 2. The first-order valence-corrected chi connectivity index (χ1v) is 14.9. The van der Waals surface area contributed by atoms with Crippen LogP contribution in [0.2, 0.25) is 0 Å². The number of ether oxygens (including phenoxy) is 2. The van der Waals surface area contributed by atoms with Crippen molar-refractivity contribution in [1.29, 1.82) is 0 Å². The number of hydroxylamine groups is 1. The third-order valence-corrected chi connectivity index (χ3v) is 8.08. The van der Waals surface area contributed by atoms with Gasteiger partial charge in [-0.15, -0.1) is 0 Å². The van der Waals surface area contributed by atoms with Crippen LogP contribution in [0.25, 0.3) is 0 Å². The Morgan fingerprint density at radius 1 is 0.833 bits per heavy atom. The second-order valence-electron chi connectivity index (χ2n) is 10.6.